The molecule has 0 aliphatic heterocycles. The number of carbonyl (C=O) groups is 1. The second-order valence-corrected chi connectivity index (χ2v) is 4.68. The van der Waals surface area contributed by atoms with Crippen molar-refractivity contribution in [1.82, 2.24) is 4.90 Å². The second kappa shape index (κ2) is 7.05. The fourth-order valence-corrected chi connectivity index (χ4v) is 1.75. The molecule has 1 aromatic carbocycles. The minimum atomic E-state index is -0.812. The van der Waals surface area contributed by atoms with Gasteiger partial charge in [0.25, 0.3) is 0 Å². The van der Waals surface area contributed by atoms with Gasteiger partial charge in [-0.05, 0) is 17.7 Å². The highest BCUT2D eigenvalue weighted by atomic mass is 35.5. The summed E-state index contributed by atoms with van der Waals surface area (Å²) in [6.07, 6.45) is 5.30. The van der Waals surface area contributed by atoms with E-state index in [0.29, 0.717) is 24.7 Å². The van der Waals surface area contributed by atoms with Crippen LogP contribution in [0.2, 0.25) is 5.02 Å². The predicted molar refractivity (Wildman–Crippen MR) is 72.4 cm³/mol. The van der Waals surface area contributed by atoms with Gasteiger partial charge < -0.3 is 5.11 Å². The number of hydrogen-bond acceptors (Lipinski definition) is 2. The SMILES string of the molecule is C#CCN(Cc1ccc(Cl)cc1)CC(C)C(=O)O. The molecule has 1 rings (SSSR count). The lowest BCUT2D eigenvalue weighted by Crippen LogP contribution is -2.31. The molecule has 0 radical (unpaired) electrons. The van der Waals surface area contributed by atoms with Crippen LogP contribution >= 0.6 is 11.6 Å². The van der Waals surface area contributed by atoms with E-state index in [9.17, 15) is 4.79 Å². The third-order valence-electron chi connectivity index (χ3n) is 2.59. The number of benzene rings is 1. The van der Waals surface area contributed by atoms with Crippen LogP contribution in [0.25, 0.3) is 0 Å². The van der Waals surface area contributed by atoms with E-state index in [1.165, 1.54) is 0 Å². The fourth-order valence-electron chi connectivity index (χ4n) is 1.63. The van der Waals surface area contributed by atoms with Crippen molar-refractivity contribution < 1.29 is 9.90 Å². The summed E-state index contributed by atoms with van der Waals surface area (Å²) in [4.78, 5) is 12.8. The molecule has 96 valence electrons. The summed E-state index contributed by atoms with van der Waals surface area (Å²) < 4.78 is 0. The predicted octanol–water partition coefficient (Wildman–Crippen LogP) is 2.50. The Balaban J connectivity index is 2.65. The average molecular weight is 266 g/mol. The van der Waals surface area contributed by atoms with Gasteiger partial charge >= 0.3 is 5.97 Å². The first-order chi connectivity index (χ1) is 8.52. The zero-order valence-corrected chi connectivity index (χ0v) is 11.0. The topological polar surface area (TPSA) is 40.5 Å². The van der Waals surface area contributed by atoms with Crippen LogP contribution in [0.4, 0.5) is 0 Å². The van der Waals surface area contributed by atoms with E-state index < -0.39 is 11.9 Å². The van der Waals surface area contributed by atoms with Gasteiger partial charge in [-0.3, -0.25) is 9.69 Å². The number of aliphatic carboxylic acids is 1. The number of hydrogen-bond donors (Lipinski definition) is 1. The molecule has 18 heavy (non-hydrogen) atoms. The molecule has 0 spiro atoms. The van der Waals surface area contributed by atoms with Crippen LogP contribution in [0.1, 0.15) is 12.5 Å². The first-order valence-electron chi connectivity index (χ1n) is 5.66. The van der Waals surface area contributed by atoms with Gasteiger partial charge in [0.1, 0.15) is 0 Å². The molecule has 1 aromatic rings. The smallest absolute Gasteiger partial charge is 0.307 e. The van der Waals surface area contributed by atoms with Crippen molar-refractivity contribution in [2.75, 3.05) is 13.1 Å². The van der Waals surface area contributed by atoms with Gasteiger partial charge in [0.2, 0.25) is 0 Å². The van der Waals surface area contributed by atoms with Crippen molar-refractivity contribution in [3.05, 3.63) is 34.9 Å². The molecule has 0 heterocycles. The van der Waals surface area contributed by atoms with Crippen LogP contribution < -0.4 is 0 Å². The molecule has 0 bridgehead atoms. The molecule has 0 fully saturated rings. The summed E-state index contributed by atoms with van der Waals surface area (Å²) in [5.41, 5.74) is 1.06. The molecule has 0 saturated heterocycles. The van der Waals surface area contributed by atoms with E-state index in [1.807, 2.05) is 29.2 Å². The number of halogens is 1. The van der Waals surface area contributed by atoms with Crippen LogP contribution in [-0.2, 0) is 11.3 Å². The van der Waals surface area contributed by atoms with Crippen molar-refractivity contribution in [2.45, 2.75) is 13.5 Å². The lowest BCUT2D eigenvalue weighted by Gasteiger charge is -2.21. The number of rotatable bonds is 6. The summed E-state index contributed by atoms with van der Waals surface area (Å²) in [5.74, 6) is 1.30. The van der Waals surface area contributed by atoms with E-state index in [2.05, 4.69) is 5.92 Å². The third kappa shape index (κ3) is 4.79. The minimum absolute atomic E-state index is 0.431. The first-order valence-corrected chi connectivity index (χ1v) is 6.03. The van der Waals surface area contributed by atoms with Gasteiger partial charge in [-0.2, -0.15) is 0 Å². The molecule has 0 aromatic heterocycles. The molecule has 0 amide bonds. The van der Waals surface area contributed by atoms with Gasteiger partial charge in [-0.1, -0.05) is 36.6 Å². The lowest BCUT2D eigenvalue weighted by molar-refractivity contribution is -0.141. The normalized spacial score (nSPS) is 12.1. The van der Waals surface area contributed by atoms with Crippen LogP contribution in [0.15, 0.2) is 24.3 Å². The zero-order chi connectivity index (χ0) is 13.5. The van der Waals surface area contributed by atoms with E-state index >= 15 is 0 Å². The summed E-state index contributed by atoms with van der Waals surface area (Å²) in [6.45, 7) is 3.16. The van der Waals surface area contributed by atoms with E-state index in [0.717, 1.165) is 5.56 Å². The van der Waals surface area contributed by atoms with Crippen molar-refractivity contribution in [3.63, 3.8) is 0 Å². The molecule has 0 saturated carbocycles. The minimum Gasteiger partial charge on any atom is -0.481 e. The van der Waals surface area contributed by atoms with E-state index in [4.69, 9.17) is 23.1 Å². The monoisotopic (exact) mass is 265 g/mol. The van der Waals surface area contributed by atoms with Gasteiger partial charge in [-0.25, -0.2) is 0 Å². The highest BCUT2D eigenvalue weighted by molar-refractivity contribution is 6.30. The molecular weight excluding hydrogens is 250 g/mol. The summed E-state index contributed by atoms with van der Waals surface area (Å²) in [5, 5.41) is 9.59. The van der Waals surface area contributed by atoms with Crippen LogP contribution in [0.5, 0.6) is 0 Å². The van der Waals surface area contributed by atoms with Gasteiger partial charge in [0.15, 0.2) is 0 Å². The summed E-state index contributed by atoms with van der Waals surface area (Å²) >= 11 is 5.81. The van der Waals surface area contributed by atoms with Crippen molar-refractivity contribution in [3.8, 4) is 12.3 Å². The second-order valence-electron chi connectivity index (χ2n) is 4.24. The van der Waals surface area contributed by atoms with Crippen LogP contribution in [0, 0.1) is 18.3 Å². The molecule has 1 N–H and O–H groups in total. The van der Waals surface area contributed by atoms with Crippen molar-refractivity contribution >= 4 is 17.6 Å². The first kappa shape index (κ1) is 14.6. The highest BCUT2D eigenvalue weighted by Gasteiger charge is 2.15. The maximum absolute atomic E-state index is 10.8. The molecule has 4 heteroatoms. The summed E-state index contributed by atoms with van der Waals surface area (Å²) in [7, 11) is 0. The number of carboxylic acids is 1. The number of terminal acetylenes is 1. The molecule has 0 aliphatic rings. The Morgan fingerprint density at radius 3 is 2.61 bits per heavy atom. The maximum atomic E-state index is 10.8. The Morgan fingerprint density at radius 1 is 1.50 bits per heavy atom. The Labute approximate surface area is 112 Å². The largest absolute Gasteiger partial charge is 0.481 e. The quantitative estimate of drug-likeness (QED) is 0.804. The Bertz CT molecular complexity index is 436. The number of carboxylic acid groups (broad SMARTS) is 1. The Kier molecular flexibility index (Phi) is 5.70. The maximum Gasteiger partial charge on any atom is 0.307 e. The Morgan fingerprint density at radius 2 is 2.11 bits per heavy atom. The lowest BCUT2D eigenvalue weighted by atomic mass is 10.1. The molecule has 0 aliphatic carbocycles. The van der Waals surface area contributed by atoms with Crippen molar-refractivity contribution in [1.29, 1.82) is 0 Å². The molecule has 1 atom stereocenters. The van der Waals surface area contributed by atoms with Gasteiger partial charge in [0.05, 0.1) is 12.5 Å². The fraction of sp³-hybridized carbons (Fsp3) is 0.357. The molecule has 1 unspecified atom stereocenters. The van der Waals surface area contributed by atoms with Gasteiger partial charge in [-0.15, -0.1) is 6.42 Å². The summed E-state index contributed by atoms with van der Waals surface area (Å²) in [6, 6.07) is 7.45. The zero-order valence-electron chi connectivity index (χ0n) is 10.3. The van der Waals surface area contributed by atoms with Gasteiger partial charge in [0, 0.05) is 18.1 Å². The van der Waals surface area contributed by atoms with E-state index in [-0.39, 0.29) is 0 Å². The van der Waals surface area contributed by atoms with Crippen molar-refractivity contribution in [2.24, 2.45) is 5.92 Å². The van der Waals surface area contributed by atoms with E-state index in [1.54, 1.807) is 6.92 Å². The van der Waals surface area contributed by atoms with Crippen LogP contribution in [0.3, 0.4) is 0 Å². The number of nitrogens with zero attached hydrogens (tertiary/aromatic N) is 1. The standard InChI is InChI=1S/C14H16ClNO2/c1-3-8-16(9-11(2)14(17)18)10-12-4-6-13(15)7-5-12/h1,4-7,11H,8-10H2,2H3,(H,17,18). The Hall–Kier alpha value is -1.50. The molecular formula is C14H16ClNO2. The third-order valence-corrected chi connectivity index (χ3v) is 2.84. The highest BCUT2D eigenvalue weighted by Crippen LogP contribution is 2.12. The molecule has 3 nitrogen and oxygen atoms in total. The van der Waals surface area contributed by atoms with Crippen LogP contribution in [-0.4, -0.2) is 29.1 Å². The average Bonchev–Trinajstić information content (AvgIpc) is 2.32.